The van der Waals surface area contributed by atoms with Gasteiger partial charge < -0.3 is 10.6 Å². The van der Waals surface area contributed by atoms with Gasteiger partial charge in [0.25, 0.3) is 0 Å². The van der Waals surface area contributed by atoms with E-state index in [1.165, 1.54) is 0 Å². The molecule has 0 spiro atoms. The van der Waals surface area contributed by atoms with E-state index in [-0.39, 0.29) is 5.92 Å². The Bertz CT molecular complexity index is 245. The van der Waals surface area contributed by atoms with Crippen molar-refractivity contribution in [2.24, 2.45) is 23.5 Å². The number of hydrogen-bond acceptors (Lipinski definition) is 2. The minimum atomic E-state index is 0.224. The van der Waals surface area contributed by atoms with E-state index >= 15 is 0 Å². The number of amides is 1. The number of hydrogen-bond donors (Lipinski definition) is 1. The maximum Gasteiger partial charge on any atom is 0.225 e. The van der Waals surface area contributed by atoms with Crippen molar-refractivity contribution in [1.29, 1.82) is 0 Å². The lowest BCUT2D eigenvalue weighted by atomic mass is 9.85. The van der Waals surface area contributed by atoms with Crippen LogP contribution in [0.4, 0.5) is 0 Å². The molecule has 0 unspecified atom stereocenters. The fourth-order valence-corrected chi connectivity index (χ4v) is 2.76. The summed E-state index contributed by atoms with van der Waals surface area (Å²) < 4.78 is 0. The third-order valence-corrected chi connectivity index (χ3v) is 3.60. The minimum Gasteiger partial charge on any atom is -0.342 e. The Morgan fingerprint density at radius 2 is 1.50 bits per heavy atom. The van der Waals surface area contributed by atoms with E-state index in [2.05, 4.69) is 32.6 Å². The van der Waals surface area contributed by atoms with Gasteiger partial charge in [0, 0.05) is 25.0 Å². The SMILES string of the molecule is CC(C)CN(CC(C)C)C(=O)C1CCC(N)CC1. The summed E-state index contributed by atoms with van der Waals surface area (Å²) in [5, 5.41) is 0. The van der Waals surface area contributed by atoms with Crippen molar-refractivity contribution in [3.05, 3.63) is 0 Å². The molecular weight excluding hydrogens is 224 g/mol. The first-order chi connectivity index (χ1) is 8.40. The van der Waals surface area contributed by atoms with Crippen molar-refractivity contribution >= 4 is 5.91 Å². The second kappa shape index (κ2) is 7.13. The van der Waals surface area contributed by atoms with Crippen LogP contribution in [0.5, 0.6) is 0 Å². The van der Waals surface area contributed by atoms with Crippen LogP contribution in [0.3, 0.4) is 0 Å². The Morgan fingerprint density at radius 3 is 1.89 bits per heavy atom. The zero-order valence-corrected chi connectivity index (χ0v) is 12.5. The Balaban J connectivity index is 2.57. The van der Waals surface area contributed by atoms with Crippen molar-refractivity contribution in [1.82, 2.24) is 4.90 Å². The highest BCUT2D eigenvalue weighted by Crippen LogP contribution is 2.25. The molecule has 0 radical (unpaired) electrons. The van der Waals surface area contributed by atoms with Gasteiger partial charge in [-0.15, -0.1) is 0 Å². The third kappa shape index (κ3) is 4.97. The van der Waals surface area contributed by atoms with Gasteiger partial charge in [-0.1, -0.05) is 27.7 Å². The maximum absolute atomic E-state index is 12.6. The van der Waals surface area contributed by atoms with Crippen LogP contribution >= 0.6 is 0 Å². The number of nitrogens with two attached hydrogens (primary N) is 1. The average molecular weight is 254 g/mol. The Labute approximate surface area is 112 Å². The minimum absolute atomic E-state index is 0.224. The Hall–Kier alpha value is -0.570. The Kier molecular flexibility index (Phi) is 6.13. The quantitative estimate of drug-likeness (QED) is 0.820. The lowest BCUT2D eigenvalue weighted by Gasteiger charge is -2.33. The molecule has 0 atom stereocenters. The molecule has 1 aliphatic rings. The van der Waals surface area contributed by atoms with Crippen molar-refractivity contribution in [3.8, 4) is 0 Å². The van der Waals surface area contributed by atoms with Crippen LogP contribution in [0, 0.1) is 17.8 Å². The summed E-state index contributed by atoms with van der Waals surface area (Å²) in [5.74, 6) is 1.67. The summed E-state index contributed by atoms with van der Waals surface area (Å²) in [6, 6.07) is 0.317. The molecule has 0 aliphatic heterocycles. The van der Waals surface area contributed by atoms with Crippen LogP contribution in [0.1, 0.15) is 53.4 Å². The smallest absolute Gasteiger partial charge is 0.225 e. The highest BCUT2D eigenvalue weighted by Gasteiger charge is 2.28. The summed E-state index contributed by atoms with van der Waals surface area (Å²) in [5.41, 5.74) is 5.91. The fraction of sp³-hybridized carbons (Fsp3) is 0.933. The molecule has 3 heteroatoms. The molecule has 0 aromatic carbocycles. The topological polar surface area (TPSA) is 46.3 Å². The van der Waals surface area contributed by atoms with Gasteiger partial charge in [-0.05, 0) is 37.5 Å². The fourth-order valence-electron chi connectivity index (χ4n) is 2.76. The molecule has 1 aliphatic carbocycles. The molecule has 1 fully saturated rings. The first-order valence-electron chi connectivity index (χ1n) is 7.44. The summed E-state index contributed by atoms with van der Waals surface area (Å²) in [6.07, 6.45) is 3.97. The summed E-state index contributed by atoms with van der Waals surface area (Å²) in [4.78, 5) is 14.6. The summed E-state index contributed by atoms with van der Waals surface area (Å²) in [7, 11) is 0. The van der Waals surface area contributed by atoms with E-state index in [1.807, 2.05) is 0 Å². The number of nitrogens with zero attached hydrogens (tertiary/aromatic N) is 1. The van der Waals surface area contributed by atoms with Gasteiger partial charge in [-0.2, -0.15) is 0 Å². The molecule has 1 saturated carbocycles. The predicted octanol–water partition coefficient (Wildman–Crippen LogP) is 2.64. The van der Waals surface area contributed by atoms with Crippen molar-refractivity contribution < 1.29 is 4.79 Å². The highest BCUT2D eigenvalue weighted by atomic mass is 16.2. The Morgan fingerprint density at radius 1 is 1.06 bits per heavy atom. The van der Waals surface area contributed by atoms with Crippen LogP contribution in [-0.2, 0) is 4.79 Å². The molecule has 106 valence electrons. The molecular formula is C15H30N2O. The van der Waals surface area contributed by atoms with Gasteiger partial charge in [0.05, 0.1) is 0 Å². The summed E-state index contributed by atoms with van der Waals surface area (Å²) in [6.45, 7) is 10.5. The van der Waals surface area contributed by atoms with Crippen molar-refractivity contribution in [2.45, 2.75) is 59.4 Å². The van der Waals surface area contributed by atoms with Crippen molar-refractivity contribution in [2.75, 3.05) is 13.1 Å². The first-order valence-corrected chi connectivity index (χ1v) is 7.44. The second-order valence-corrected chi connectivity index (χ2v) is 6.64. The van der Waals surface area contributed by atoms with E-state index in [4.69, 9.17) is 5.73 Å². The molecule has 1 amide bonds. The molecule has 0 bridgehead atoms. The predicted molar refractivity (Wildman–Crippen MR) is 76.2 cm³/mol. The molecule has 0 aromatic heterocycles. The van der Waals surface area contributed by atoms with Gasteiger partial charge in [0.15, 0.2) is 0 Å². The second-order valence-electron chi connectivity index (χ2n) is 6.64. The lowest BCUT2D eigenvalue weighted by Crippen LogP contribution is -2.42. The van der Waals surface area contributed by atoms with E-state index in [9.17, 15) is 4.79 Å². The van der Waals surface area contributed by atoms with Gasteiger partial charge >= 0.3 is 0 Å². The number of carbonyl (C=O) groups is 1. The third-order valence-electron chi connectivity index (χ3n) is 3.60. The molecule has 18 heavy (non-hydrogen) atoms. The zero-order chi connectivity index (χ0) is 13.7. The average Bonchev–Trinajstić information content (AvgIpc) is 2.27. The monoisotopic (exact) mass is 254 g/mol. The van der Waals surface area contributed by atoms with Crippen LogP contribution in [-0.4, -0.2) is 29.9 Å². The standard InChI is InChI=1S/C15H30N2O/c1-11(2)9-17(10-12(3)4)15(18)13-5-7-14(16)8-6-13/h11-14H,5-10,16H2,1-4H3. The normalized spacial score (nSPS) is 24.6. The van der Waals surface area contributed by atoms with Gasteiger partial charge in [-0.25, -0.2) is 0 Å². The molecule has 0 heterocycles. The molecule has 1 rings (SSSR count). The molecule has 3 nitrogen and oxygen atoms in total. The van der Waals surface area contributed by atoms with Crippen LogP contribution < -0.4 is 5.73 Å². The number of carbonyl (C=O) groups excluding carboxylic acids is 1. The molecule has 2 N–H and O–H groups in total. The van der Waals surface area contributed by atoms with E-state index < -0.39 is 0 Å². The first kappa shape index (κ1) is 15.5. The van der Waals surface area contributed by atoms with Gasteiger partial charge in [0.2, 0.25) is 5.91 Å². The van der Waals surface area contributed by atoms with E-state index in [0.717, 1.165) is 38.8 Å². The van der Waals surface area contributed by atoms with Crippen LogP contribution in [0.15, 0.2) is 0 Å². The summed E-state index contributed by atoms with van der Waals surface area (Å²) >= 11 is 0. The lowest BCUT2D eigenvalue weighted by molar-refractivity contribution is -0.137. The zero-order valence-electron chi connectivity index (χ0n) is 12.5. The number of rotatable bonds is 5. The van der Waals surface area contributed by atoms with Crippen LogP contribution in [0.2, 0.25) is 0 Å². The van der Waals surface area contributed by atoms with E-state index in [1.54, 1.807) is 0 Å². The molecule has 0 saturated heterocycles. The maximum atomic E-state index is 12.6. The van der Waals surface area contributed by atoms with Crippen LogP contribution in [0.25, 0.3) is 0 Å². The van der Waals surface area contributed by atoms with Gasteiger partial charge in [0.1, 0.15) is 0 Å². The van der Waals surface area contributed by atoms with Crippen molar-refractivity contribution in [3.63, 3.8) is 0 Å². The highest BCUT2D eigenvalue weighted by molar-refractivity contribution is 5.79. The van der Waals surface area contributed by atoms with E-state index in [0.29, 0.717) is 23.8 Å². The largest absolute Gasteiger partial charge is 0.342 e. The molecule has 0 aromatic rings. The van der Waals surface area contributed by atoms with Gasteiger partial charge in [-0.3, -0.25) is 4.79 Å².